The molecule has 0 unspecified atom stereocenters. The Bertz CT molecular complexity index is 475. The van der Waals surface area contributed by atoms with Crippen molar-refractivity contribution in [3.63, 3.8) is 0 Å². The quantitative estimate of drug-likeness (QED) is 0.807. The maximum Gasteiger partial charge on any atom is 0.308 e. The number of piperidine rings is 1. The third kappa shape index (κ3) is 2.58. The van der Waals surface area contributed by atoms with Crippen molar-refractivity contribution >= 4 is 11.9 Å². The van der Waals surface area contributed by atoms with Gasteiger partial charge in [0.05, 0.1) is 17.7 Å². The average molecular weight is 250 g/mol. The summed E-state index contributed by atoms with van der Waals surface area (Å²) < 4.78 is 0. The van der Waals surface area contributed by atoms with Crippen molar-refractivity contribution in [3.05, 3.63) is 24.0 Å². The zero-order valence-corrected chi connectivity index (χ0v) is 9.74. The van der Waals surface area contributed by atoms with Crippen LogP contribution in [0.1, 0.15) is 23.2 Å². The van der Waals surface area contributed by atoms with E-state index >= 15 is 0 Å². The van der Waals surface area contributed by atoms with Crippen molar-refractivity contribution in [2.75, 3.05) is 13.1 Å². The summed E-state index contributed by atoms with van der Waals surface area (Å²) in [5, 5.41) is 18.2. The predicted molar refractivity (Wildman–Crippen MR) is 62.2 cm³/mol. The fraction of sp³-hybridized carbons (Fsp3) is 0.417. The van der Waals surface area contributed by atoms with Crippen LogP contribution < -0.4 is 0 Å². The Morgan fingerprint density at radius 2 is 2.17 bits per heavy atom. The highest BCUT2D eigenvalue weighted by atomic mass is 16.4. The number of amides is 1. The van der Waals surface area contributed by atoms with Crippen molar-refractivity contribution < 1.29 is 19.8 Å². The molecule has 1 amide bonds. The molecule has 1 saturated heterocycles. The van der Waals surface area contributed by atoms with Crippen LogP contribution in [0.4, 0.5) is 0 Å². The van der Waals surface area contributed by atoms with Crippen LogP contribution in [0.2, 0.25) is 0 Å². The van der Waals surface area contributed by atoms with E-state index in [-0.39, 0.29) is 23.8 Å². The highest BCUT2D eigenvalue weighted by Crippen LogP contribution is 2.19. The molecule has 1 fully saturated rings. The van der Waals surface area contributed by atoms with Crippen molar-refractivity contribution in [1.29, 1.82) is 0 Å². The normalized spacial score (nSPS) is 19.6. The van der Waals surface area contributed by atoms with Gasteiger partial charge in [0, 0.05) is 19.3 Å². The number of aromatic hydroxyl groups is 1. The van der Waals surface area contributed by atoms with Gasteiger partial charge < -0.3 is 15.1 Å². The lowest BCUT2D eigenvalue weighted by Crippen LogP contribution is -2.42. The first kappa shape index (κ1) is 12.3. The molecule has 1 aliphatic rings. The zero-order chi connectivity index (χ0) is 13.1. The molecule has 0 aliphatic carbocycles. The van der Waals surface area contributed by atoms with Crippen LogP contribution in [0.25, 0.3) is 0 Å². The van der Waals surface area contributed by atoms with E-state index in [9.17, 15) is 14.7 Å². The molecule has 0 aromatic carbocycles. The molecule has 0 saturated carbocycles. The first-order chi connectivity index (χ1) is 8.58. The largest absolute Gasteiger partial charge is 0.506 e. The van der Waals surface area contributed by atoms with E-state index < -0.39 is 11.9 Å². The van der Waals surface area contributed by atoms with E-state index in [1.54, 1.807) is 0 Å². The molecule has 0 bridgehead atoms. The second-order valence-corrected chi connectivity index (χ2v) is 4.36. The number of nitrogens with zero attached hydrogens (tertiary/aromatic N) is 2. The monoisotopic (exact) mass is 250 g/mol. The molecule has 6 nitrogen and oxygen atoms in total. The summed E-state index contributed by atoms with van der Waals surface area (Å²) in [5.41, 5.74) is 0.279. The molecule has 0 radical (unpaired) electrons. The van der Waals surface area contributed by atoms with Gasteiger partial charge in [0.1, 0.15) is 5.75 Å². The number of aromatic nitrogens is 1. The van der Waals surface area contributed by atoms with Gasteiger partial charge in [-0.1, -0.05) is 0 Å². The minimum absolute atomic E-state index is 0.0763. The van der Waals surface area contributed by atoms with Crippen molar-refractivity contribution in [2.45, 2.75) is 12.8 Å². The number of hydrogen-bond donors (Lipinski definition) is 2. The van der Waals surface area contributed by atoms with Gasteiger partial charge in [-0.15, -0.1) is 0 Å². The van der Waals surface area contributed by atoms with Gasteiger partial charge in [0.2, 0.25) is 0 Å². The smallest absolute Gasteiger partial charge is 0.308 e. The van der Waals surface area contributed by atoms with E-state index in [0.717, 1.165) is 0 Å². The number of carbonyl (C=O) groups is 2. The van der Waals surface area contributed by atoms with Gasteiger partial charge in [0.15, 0.2) is 0 Å². The highest BCUT2D eigenvalue weighted by Gasteiger charge is 2.28. The van der Waals surface area contributed by atoms with Crippen molar-refractivity contribution in [3.8, 4) is 5.75 Å². The molecule has 1 atom stereocenters. The van der Waals surface area contributed by atoms with Gasteiger partial charge in [-0.25, -0.2) is 0 Å². The van der Waals surface area contributed by atoms with Crippen molar-refractivity contribution in [1.82, 2.24) is 9.88 Å². The SMILES string of the molecule is O=C(O)[C@H]1CCCN(C(=O)c2cncc(O)c2)C1. The third-order valence-corrected chi connectivity index (χ3v) is 3.03. The first-order valence-electron chi connectivity index (χ1n) is 5.74. The molecular formula is C12H14N2O4. The summed E-state index contributed by atoms with van der Waals surface area (Å²) in [4.78, 5) is 28.3. The molecule has 2 N–H and O–H groups in total. The van der Waals surface area contributed by atoms with Crippen LogP contribution in [0.3, 0.4) is 0 Å². The number of hydrogen-bond acceptors (Lipinski definition) is 4. The van der Waals surface area contributed by atoms with Gasteiger partial charge in [-0.3, -0.25) is 14.6 Å². The van der Waals surface area contributed by atoms with Gasteiger partial charge >= 0.3 is 5.97 Å². The summed E-state index contributed by atoms with van der Waals surface area (Å²) in [7, 11) is 0. The van der Waals surface area contributed by atoms with E-state index in [2.05, 4.69) is 4.98 Å². The molecule has 18 heavy (non-hydrogen) atoms. The standard InChI is InChI=1S/C12H14N2O4/c15-10-4-9(5-13-6-10)11(16)14-3-1-2-8(7-14)12(17)18/h4-6,8,15H,1-3,7H2,(H,17,18)/t8-/m0/s1. The van der Waals surface area contributed by atoms with Crippen LogP contribution in [-0.2, 0) is 4.79 Å². The molecule has 1 aliphatic heterocycles. The number of aliphatic carboxylic acids is 1. The average Bonchev–Trinajstić information content (AvgIpc) is 2.38. The van der Waals surface area contributed by atoms with E-state index in [4.69, 9.17) is 5.11 Å². The van der Waals surface area contributed by atoms with Gasteiger partial charge in [0.25, 0.3) is 5.91 Å². The molecule has 6 heteroatoms. The first-order valence-corrected chi connectivity index (χ1v) is 5.74. The Kier molecular flexibility index (Phi) is 3.45. The molecule has 1 aromatic rings. The van der Waals surface area contributed by atoms with Crippen LogP contribution in [0, 0.1) is 5.92 Å². The Morgan fingerprint density at radius 1 is 1.39 bits per heavy atom. The summed E-state index contributed by atoms with van der Waals surface area (Å²) in [6, 6.07) is 1.33. The lowest BCUT2D eigenvalue weighted by molar-refractivity contribution is -0.143. The van der Waals surface area contributed by atoms with Gasteiger partial charge in [-0.05, 0) is 18.9 Å². The molecular weight excluding hydrogens is 236 g/mol. The summed E-state index contributed by atoms with van der Waals surface area (Å²) in [6.45, 7) is 0.752. The maximum atomic E-state index is 12.1. The highest BCUT2D eigenvalue weighted by molar-refractivity contribution is 5.94. The van der Waals surface area contributed by atoms with E-state index in [0.29, 0.717) is 19.4 Å². The lowest BCUT2D eigenvalue weighted by atomic mass is 9.98. The number of carbonyl (C=O) groups excluding carboxylic acids is 1. The van der Waals surface area contributed by atoms with Crippen molar-refractivity contribution in [2.24, 2.45) is 5.92 Å². The number of carboxylic acid groups (broad SMARTS) is 1. The van der Waals surface area contributed by atoms with E-state index in [1.165, 1.54) is 23.4 Å². The fourth-order valence-corrected chi connectivity index (χ4v) is 2.09. The van der Waals surface area contributed by atoms with Gasteiger partial charge in [-0.2, -0.15) is 0 Å². The van der Waals surface area contributed by atoms with Crippen LogP contribution in [0.5, 0.6) is 5.75 Å². The maximum absolute atomic E-state index is 12.1. The second-order valence-electron chi connectivity index (χ2n) is 4.36. The summed E-state index contributed by atoms with van der Waals surface area (Å²) in [6.07, 6.45) is 3.88. The fourth-order valence-electron chi connectivity index (χ4n) is 2.09. The number of rotatable bonds is 2. The number of carboxylic acids is 1. The Labute approximate surface area is 104 Å². The molecule has 2 rings (SSSR count). The van der Waals surface area contributed by atoms with E-state index in [1.807, 2.05) is 0 Å². The Balaban J connectivity index is 2.11. The topological polar surface area (TPSA) is 90.7 Å². The summed E-state index contributed by atoms with van der Waals surface area (Å²) in [5.74, 6) is -1.74. The summed E-state index contributed by atoms with van der Waals surface area (Å²) >= 11 is 0. The van der Waals surface area contributed by atoms with Crippen LogP contribution >= 0.6 is 0 Å². The molecule has 0 spiro atoms. The Morgan fingerprint density at radius 3 is 2.83 bits per heavy atom. The van der Waals surface area contributed by atoms with Crippen LogP contribution in [-0.4, -0.2) is 45.1 Å². The zero-order valence-electron chi connectivity index (χ0n) is 9.74. The molecule has 2 heterocycles. The predicted octanol–water partition coefficient (Wildman–Crippen LogP) is 0.724. The minimum Gasteiger partial charge on any atom is -0.506 e. The molecule has 1 aromatic heterocycles. The van der Waals surface area contributed by atoms with Crippen LogP contribution in [0.15, 0.2) is 18.5 Å². The number of pyridine rings is 1. The second kappa shape index (κ2) is 5.03. The molecule has 96 valence electrons. The lowest BCUT2D eigenvalue weighted by Gasteiger charge is -2.30. The Hall–Kier alpha value is -2.11. The minimum atomic E-state index is -0.874. The number of likely N-dealkylation sites (tertiary alicyclic amines) is 1. The third-order valence-electron chi connectivity index (χ3n) is 3.03.